The fourth-order valence-electron chi connectivity index (χ4n) is 2.42. The lowest BCUT2D eigenvalue weighted by Crippen LogP contribution is -2.35. The van der Waals surface area contributed by atoms with Crippen molar-refractivity contribution in [3.05, 3.63) is 16.0 Å². The van der Waals surface area contributed by atoms with Gasteiger partial charge in [-0.2, -0.15) is 4.31 Å². The number of hydrogen-bond acceptors (Lipinski definition) is 4. The molecule has 0 amide bonds. The molecule has 1 aliphatic heterocycles. The number of aryl methyl sites for hydroxylation is 1. The van der Waals surface area contributed by atoms with Crippen molar-refractivity contribution in [2.24, 2.45) is 0 Å². The molecule has 0 spiro atoms. The molecule has 0 bridgehead atoms. The zero-order valence-corrected chi connectivity index (χ0v) is 13.2. The molecule has 1 unspecified atom stereocenters. The smallest absolute Gasteiger partial charge is 0.252 e. The average molecular weight is 324 g/mol. The zero-order valence-electron chi connectivity index (χ0n) is 10.8. The summed E-state index contributed by atoms with van der Waals surface area (Å²) in [7, 11) is -3.43. The van der Waals surface area contributed by atoms with E-state index in [1.165, 1.54) is 0 Å². The Morgan fingerprint density at radius 3 is 2.89 bits per heavy atom. The van der Waals surface area contributed by atoms with Crippen LogP contribution in [0, 0.1) is 6.92 Å². The summed E-state index contributed by atoms with van der Waals surface area (Å²) in [4.78, 5) is 0. The maximum absolute atomic E-state index is 12.6. The van der Waals surface area contributed by atoms with Gasteiger partial charge in [-0.15, -0.1) is 11.3 Å². The number of nitrogens with zero attached hydrogens (tertiary/aromatic N) is 1. The molecule has 0 saturated carbocycles. The second-order valence-electron chi connectivity index (χ2n) is 4.80. The van der Waals surface area contributed by atoms with Gasteiger partial charge < -0.3 is 5.11 Å². The number of hydrogen-bond donors (Lipinski definition) is 1. The molecule has 1 aliphatic rings. The van der Waals surface area contributed by atoms with Gasteiger partial charge in [-0.25, -0.2) is 8.42 Å². The lowest BCUT2D eigenvalue weighted by atomic mass is 10.1. The van der Waals surface area contributed by atoms with Crippen LogP contribution in [0.4, 0.5) is 0 Å². The van der Waals surface area contributed by atoms with E-state index in [-0.39, 0.29) is 12.6 Å². The van der Waals surface area contributed by atoms with Gasteiger partial charge in [0.1, 0.15) is 4.21 Å². The van der Waals surface area contributed by atoms with Crippen molar-refractivity contribution < 1.29 is 13.5 Å². The van der Waals surface area contributed by atoms with Gasteiger partial charge in [0.05, 0.1) is 4.34 Å². The lowest BCUT2D eigenvalue weighted by molar-refractivity contribution is 0.264. The maximum Gasteiger partial charge on any atom is 0.252 e. The van der Waals surface area contributed by atoms with Crippen LogP contribution < -0.4 is 0 Å². The van der Waals surface area contributed by atoms with Crippen molar-refractivity contribution in [1.29, 1.82) is 0 Å². The van der Waals surface area contributed by atoms with Crippen LogP contribution in [-0.2, 0) is 10.0 Å². The molecule has 1 fully saturated rings. The van der Waals surface area contributed by atoms with E-state index in [4.69, 9.17) is 16.7 Å². The molecule has 0 aliphatic carbocycles. The Bertz CT molecular complexity index is 522. The van der Waals surface area contributed by atoms with Gasteiger partial charge in [-0.05, 0) is 44.2 Å². The highest BCUT2D eigenvalue weighted by Gasteiger charge is 2.35. The number of aliphatic hydroxyl groups excluding tert-OH is 1. The van der Waals surface area contributed by atoms with Crippen LogP contribution in [0.3, 0.4) is 0 Å². The Morgan fingerprint density at radius 1 is 1.58 bits per heavy atom. The van der Waals surface area contributed by atoms with E-state index in [1.807, 2.05) is 6.92 Å². The van der Waals surface area contributed by atoms with Gasteiger partial charge in [0, 0.05) is 19.2 Å². The quantitative estimate of drug-likeness (QED) is 0.906. The third-order valence-electron chi connectivity index (χ3n) is 3.42. The van der Waals surface area contributed by atoms with Gasteiger partial charge in [0.2, 0.25) is 0 Å². The van der Waals surface area contributed by atoms with Gasteiger partial charge >= 0.3 is 0 Å². The first-order valence-corrected chi connectivity index (χ1v) is 8.99. The molecule has 1 atom stereocenters. The fraction of sp³-hybridized carbons (Fsp3) is 0.667. The topological polar surface area (TPSA) is 57.6 Å². The summed E-state index contributed by atoms with van der Waals surface area (Å²) in [6, 6.07) is 1.65. The van der Waals surface area contributed by atoms with Gasteiger partial charge in [-0.3, -0.25) is 0 Å². The molecular weight excluding hydrogens is 306 g/mol. The van der Waals surface area contributed by atoms with E-state index >= 15 is 0 Å². The summed E-state index contributed by atoms with van der Waals surface area (Å²) < 4.78 is 27.6. The number of aliphatic hydroxyl groups is 1. The van der Waals surface area contributed by atoms with Crippen LogP contribution in [0.5, 0.6) is 0 Å². The minimum absolute atomic E-state index is 0.0123. The molecule has 19 heavy (non-hydrogen) atoms. The van der Waals surface area contributed by atoms with Gasteiger partial charge in [0.25, 0.3) is 10.0 Å². The van der Waals surface area contributed by atoms with E-state index < -0.39 is 10.0 Å². The summed E-state index contributed by atoms with van der Waals surface area (Å²) in [6.45, 7) is 2.48. The lowest BCUT2D eigenvalue weighted by Gasteiger charge is -2.23. The molecule has 108 valence electrons. The Balaban J connectivity index is 2.23. The normalized spacial score (nSPS) is 21.1. The first-order valence-electron chi connectivity index (χ1n) is 6.35. The van der Waals surface area contributed by atoms with Crippen molar-refractivity contribution in [2.45, 2.75) is 42.9 Å². The van der Waals surface area contributed by atoms with E-state index in [1.54, 1.807) is 10.4 Å². The van der Waals surface area contributed by atoms with Crippen molar-refractivity contribution in [3.63, 3.8) is 0 Å². The van der Waals surface area contributed by atoms with Crippen molar-refractivity contribution in [1.82, 2.24) is 4.31 Å². The highest BCUT2D eigenvalue weighted by Crippen LogP contribution is 2.35. The predicted octanol–water partition coefficient (Wildman–Crippen LogP) is 2.64. The highest BCUT2D eigenvalue weighted by atomic mass is 35.5. The summed E-state index contributed by atoms with van der Waals surface area (Å²) in [5, 5.41) is 8.89. The first kappa shape index (κ1) is 15.3. The summed E-state index contributed by atoms with van der Waals surface area (Å²) in [5.74, 6) is 0. The molecule has 7 heteroatoms. The fourth-order valence-corrected chi connectivity index (χ4v) is 5.98. The molecule has 1 N–H and O–H groups in total. The standard InChI is InChI=1S/C12H18ClNO3S2/c1-9-8-11(18-12(9)13)19(16,17)14-6-2-4-10(14)5-3-7-15/h8,10,15H,2-7H2,1H3. The van der Waals surface area contributed by atoms with Crippen LogP contribution in [-0.4, -0.2) is 37.0 Å². The minimum Gasteiger partial charge on any atom is -0.396 e. The van der Waals surface area contributed by atoms with Gasteiger partial charge in [-0.1, -0.05) is 11.6 Å². The van der Waals surface area contributed by atoms with E-state index in [0.29, 0.717) is 27.9 Å². The van der Waals surface area contributed by atoms with E-state index in [0.717, 1.165) is 29.7 Å². The second-order valence-corrected chi connectivity index (χ2v) is 8.57. The number of thiophene rings is 1. The molecular formula is C12H18ClNO3S2. The Hall–Kier alpha value is -0.140. The number of sulfonamides is 1. The molecule has 1 saturated heterocycles. The highest BCUT2D eigenvalue weighted by molar-refractivity contribution is 7.91. The predicted molar refractivity (Wildman–Crippen MR) is 77.3 cm³/mol. The number of halogens is 1. The van der Waals surface area contributed by atoms with Crippen LogP contribution in [0.2, 0.25) is 4.34 Å². The van der Waals surface area contributed by atoms with E-state index in [2.05, 4.69) is 0 Å². The van der Waals surface area contributed by atoms with Crippen LogP contribution in [0.25, 0.3) is 0 Å². The zero-order chi connectivity index (χ0) is 14.0. The van der Waals surface area contributed by atoms with Crippen molar-refractivity contribution in [3.8, 4) is 0 Å². The van der Waals surface area contributed by atoms with E-state index in [9.17, 15) is 8.42 Å². The Kier molecular flexibility index (Phi) is 4.89. The number of rotatable bonds is 5. The molecule has 2 heterocycles. The molecule has 4 nitrogen and oxygen atoms in total. The minimum atomic E-state index is -3.43. The largest absolute Gasteiger partial charge is 0.396 e. The molecule has 2 rings (SSSR count). The summed E-state index contributed by atoms with van der Waals surface area (Å²) in [5.41, 5.74) is 0.802. The molecule has 0 aromatic carbocycles. The Labute approximate surface area is 123 Å². The van der Waals surface area contributed by atoms with Crippen LogP contribution in [0.1, 0.15) is 31.2 Å². The van der Waals surface area contributed by atoms with Crippen LogP contribution in [0.15, 0.2) is 10.3 Å². The SMILES string of the molecule is Cc1cc(S(=O)(=O)N2CCCC2CCCO)sc1Cl. The van der Waals surface area contributed by atoms with Crippen molar-refractivity contribution in [2.75, 3.05) is 13.2 Å². The maximum atomic E-state index is 12.6. The Morgan fingerprint density at radius 2 is 2.32 bits per heavy atom. The monoisotopic (exact) mass is 323 g/mol. The molecule has 1 aromatic heterocycles. The second kappa shape index (κ2) is 6.10. The first-order chi connectivity index (χ1) is 8.96. The third-order valence-corrected chi connectivity index (χ3v) is 7.37. The summed E-state index contributed by atoms with van der Waals surface area (Å²) in [6.07, 6.45) is 3.11. The molecule has 1 aromatic rings. The van der Waals surface area contributed by atoms with Gasteiger partial charge in [0.15, 0.2) is 0 Å². The molecule has 0 radical (unpaired) electrons. The van der Waals surface area contributed by atoms with Crippen molar-refractivity contribution >= 4 is 33.0 Å². The third kappa shape index (κ3) is 3.13. The summed E-state index contributed by atoms with van der Waals surface area (Å²) >= 11 is 7.09. The average Bonchev–Trinajstić information content (AvgIpc) is 2.95. The van der Waals surface area contributed by atoms with Crippen LogP contribution >= 0.6 is 22.9 Å².